The molecular weight excluding hydrogens is 206 g/mol. The van der Waals surface area contributed by atoms with Gasteiger partial charge in [0.25, 0.3) is 5.91 Å². The lowest BCUT2D eigenvalue weighted by atomic mass is 10.2. The van der Waals surface area contributed by atoms with Gasteiger partial charge in [-0.2, -0.15) is 5.10 Å². The fourth-order valence-electron chi connectivity index (χ4n) is 1.07. The average Bonchev–Trinajstić information content (AvgIpc) is 2.29. The molecule has 0 heterocycles. The van der Waals surface area contributed by atoms with Gasteiger partial charge in [-0.3, -0.25) is 4.79 Å². The molecule has 0 saturated carbocycles. The van der Waals surface area contributed by atoms with E-state index in [0.717, 1.165) is 11.3 Å². The predicted molar refractivity (Wildman–Crippen MR) is 63.6 cm³/mol. The van der Waals surface area contributed by atoms with Gasteiger partial charge in [-0.25, -0.2) is 5.43 Å². The molecule has 0 bridgehead atoms. The summed E-state index contributed by atoms with van der Waals surface area (Å²) in [7, 11) is 3.93. The molecule has 16 heavy (non-hydrogen) atoms. The highest BCUT2D eigenvalue weighted by atomic mass is 16.3. The van der Waals surface area contributed by atoms with E-state index in [1.54, 1.807) is 0 Å². The third kappa shape index (κ3) is 3.70. The molecule has 0 spiro atoms. The fraction of sp³-hybridized carbons (Fsp3) is 0.273. The van der Waals surface area contributed by atoms with Crippen molar-refractivity contribution in [1.82, 2.24) is 5.43 Å². The first-order chi connectivity index (χ1) is 7.63. The number of aliphatic hydroxyl groups is 1. The highest BCUT2D eigenvalue weighted by Gasteiger charge is 1.95. The minimum atomic E-state index is -0.559. The summed E-state index contributed by atoms with van der Waals surface area (Å²) in [4.78, 5) is 12.7. The van der Waals surface area contributed by atoms with Crippen LogP contribution in [-0.2, 0) is 4.79 Å². The third-order valence-electron chi connectivity index (χ3n) is 1.96. The van der Waals surface area contributed by atoms with E-state index in [4.69, 9.17) is 5.11 Å². The molecule has 0 aromatic heterocycles. The Morgan fingerprint density at radius 2 is 2.06 bits per heavy atom. The maximum Gasteiger partial charge on any atom is 0.265 e. The standard InChI is InChI=1S/C11H15N3O2/c1-14(2)10-5-3-9(4-6-10)7-12-13-11(16)8-15/h3-7,15H,8H2,1-2H3,(H,13,16)/b12-7-. The van der Waals surface area contributed by atoms with Gasteiger partial charge in [0.05, 0.1) is 6.21 Å². The number of hydrogen-bond acceptors (Lipinski definition) is 4. The summed E-state index contributed by atoms with van der Waals surface area (Å²) >= 11 is 0. The van der Waals surface area contributed by atoms with E-state index in [1.807, 2.05) is 43.3 Å². The molecular formula is C11H15N3O2. The van der Waals surface area contributed by atoms with Crippen LogP contribution in [0.4, 0.5) is 5.69 Å². The minimum absolute atomic E-state index is 0.527. The quantitative estimate of drug-likeness (QED) is 0.563. The summed E-state index contributed by atoms with van der Waals surface area (Å²) in [6, 6.07) is 7.69. The predicted octanol–water partition coefficient (Wildman–Crippen LogP) is 0.195. The first-order valence-electron chi connectivity index (χ1n) is 4.83. The molecule has 5 nitrogen and oxygen atoms in total. The van der Waals surface area contributed by atoms with Crippen LogP contribution in [0.25, 0.3) is 0 Å². The van der Waals surface area contributed by atoms with Gasteiger partial charge in [0.1, 0.15) is 6.61 Å². The molecule has 0 atom stereocenters. The number of carbonyl (C=O) groups is 1. The van der Waals surface area contributed by atoms with Gasteiger partial charge in [0.15, 0.2) is 0 Å². The molecule has 0 unspecified atom stereocenters. The zero-order valence-corrected chi connectivity index (χ0v) is 9.34. The highest BCUT2D eigenvalue weighted by molar-refractivity contribution is 5.83. The number of aliphatic hydroxyl groups excluding tert-OH is 1. The van der Waals surface area contributed by atoms with E-state index < -0.39 is 12.5 Å². The monoisotopic (exact) mass is 221 g/mol. The Balaban J connectivity index is 2.58. The van der Waals surface area contributed by atoms with Gasteiger partial charge >= 0.3 is 0 Å². The van der Waals surface area contributed by atoms with Crippen molar-refractivity contribution in [1.29, 1.82) is 0 Å². The van der Waals surface area contributed by atoms with Crippen LogP contribution in [0, 0.1) is 0 Å². The van der Waals surface area contributed by atoms with Crippen molar-refractivity contribution >= 4 is 17.8 Å². The summed E-state index contributed by atoms with van der Waals surface area (Å²) < 4.78 is 0. The number of hydrogen-bond donors (Lipinski definition) is 2. The number of anilines is 1. The zero-order valence-electron chi connectivity index (χ0n) is 9.34. The molecule has 5 heteroatoms. The smallest absolute Gasteiger partial charge is 0.265 e. The molecule has 1 rings (SSSR count). The van der Waals surface area contributed by atoms with Crippen LogP contribution in [0.1, 0.15) is 5.56 Å². The number of amides is 1. The molecule has 2 N–H and O–H groups in total. The van der Waals surface area contributed by atoms with Crippen molar-refractivity contribution in [2.45, 2.75) is 0 Å². The summed E-state index contributed by atoms with van der Waals surface area (Å²) in [5, 5.41) is 12.1. The Bertz CT molecular complexity index is 371. The molecule has 0 aliphatic heterocycles. The van der Waals surface area contributed by atoms with E-state index in [0.29, 0.717) is 0 Å². The lowest BCUT2D eigenvalue weighted by molar-refractivity contribution is -0.123. The Labute approximate surface area is 94.4 Å². The minimum Gasteiger partial charge on any atom is -0.386 e. The Kier molecular flexibility index (Phi) is 4.47. The number of benzene rings is 1. The average molecular weight is 221 g/mol. The highest BCUT2D eigenvalue weighted by Crippen LogP contribution is 2.10. The second kappa shape index (κ2) is 5.87. The number of carbonyl (C=O) groups excluding carboxylic acids is 1. The largest absolute Gasteiger partial charge is 0.386 e. The second-order valence-corrected chi connectivity index (χ2v) is 3.44. The van der Waals surface area contributed by atoms with Crippen molar-refractivity contribution in [3.05, 3.63) is 29.8 Å². The first kappa shape index (κ1) is 12.2. The summed E-state index contributed by atoms with van der Waals surface area (Å²) in [5.74, 6) is -0.527. The number of nitrogens with one attached hydrogen (secondary N) is 1. The molecule has 1 aromatic carbocycles. The molecule has 0 aliphatic rings. The second-order valence-electron chi connectivity index (χ2n) is 3.44. The van der Waals surface area contributed by atoms with E-state index >= 15 is 0 Å². The summed E-state index contributed by atoms with van der Waals surface area (Å²) in [6.45, 7) is -0.559. The van der Waals surface area contributed by atoms with Crippen molar-refractivity contribution in [2.75, 3.05) is 25.6 Å². The summed E-state index contributed by atoms with van der Waals surface area (Å²) in [5.41, 5.74) is 4.16. The number of hydrazone groups is 1. The van der Waals surface area contributed by atoms with Crippen LogP contribution in [0.5, 0.6) is 0 Å². The molecule has 0 radical (unpaired) electrons. The first-order valence-corrected chi connectivity index (χ1v) is 4.83. The molecule has 0 fully saturated rings. The lowest BCUT2D eigenvalue weighted by Gasteiger charge is -2.11. The molecule has 1 amide bonds. The van der Waals surface area contributed by atoms with Gasteiger partial charge in [0, 0.05) is 19.8 Å². The topological polar surface area (TPSA) is 64.9 Å². The van der Waals surface area contributed by atoms with Crippen LogP contribution in [0.15, 0.2) is 29.4 Å². The van der Waals surface area contributed by atoms with E-state index in [1.165, 1.54) is 6.21 Å². The van der Waals surface area contributed by atoms with Crippen LogP contribution >= 0.6 is 0 Å². The van der Waals surface area contributed by atoms with Gasteiger partial charge in [-0.15, -0.1) is 0 Å². The van der Waals surface area contributed by atoms with E-state index in [2.05, 4.69) is 10.5 Å². The Morgan fingerprint density at radius 1 is 1.44 bits per heavy atom. The number of nitrogens with zero attached hydrogens (tertiary/aromatic N) is 2. The molecule has 1 aromatic rings. The zero-order chi connectivity index (χ0) is 12.0. The summed E-state index contributed by atoms with van der Waals surface area (Å²) in [6.07, 6.45) is 1.52. The van der Waals surface area contributed by atoms with Gasteiger partial charge in [0.2, 0.25) is 0 Å². The normalized spacial score (nSPS) is 10.4. The fourth-order valence-corrected chi connectivity index (χ4v) is 1.07. The maximum absolute atomic E-state index is 10.7. The third-order valence-corrected chi connectivity index (χ3v) is 1.96. The van der Waals surface area contributed by atoms with Crippen LogP contribution in [-0.4, -0.2) is 37.9 Å². The van der Waals surface area contributed by atoms with Gasteiger partial charge in [-0.05, 0) is 17.7 Å². The van der Waals surface area contributed by atoms with E-state index in [-0.39, 0.29) is 0 Å². The SMILES string of the molecule is CN(C)c1ccc(/C=N\NC(=O)CO)cc1. The van der Waals surface area contributed by atoms with E-state index in [9.17, 15) is 4.79 Å². The van der Waals surface area contributed by atoms with Crippen LogP contribution in [0.3, 0.4) is 0 Å². The van der Waals surface area contributed by atoms with Crippen LogP contribution < -0.4 is 10.3 Å². The van der Waals surface area contributed by atoms with Crippen LogP contribution in [0.2, 0.25) is 0 Å². The molecule has 86 valence electrons. The molecule has 0 saturated heterocycles. The molecule has 0 aliphatic carbocycles. The Morgan fingerprint density at radius 3 is 2.56 bits per heavy atom. The van der Waals surface area contributed by atoms with Crippen molar-refractivity contribution < 1.29 is 9.90 Å². The van der Waals surface area contributed by atoms with Crippen molar-refractivity contribution in [2.24, 2.45) is 5.10 Å². The van der Waals surface area contributed by atoms with Crippen molar-refractivity contribution in [3.8, 4) is 0 Å². The van der Waals surface area contributed by atoms with Gasteiger partial charge < -0.3 is 10.0 Å². The Hall–Kier alpha value is -1.88. The number of rotatable bonds is 4. The van der Waals surface area contributed by atoms with Crippen molar-refractivity contribution in [3.63, 3.8) is 0 Å². The maximum atomic E-state index is 10.7. The lowest BCUT2D eigenvalue weighted by Crippen LogP contribution is -2.20. The van der Waals surface area contributed by atoms with Gasteiger partial charge in [-0.1, -0.05) is 12.1 Å².